The van der Waals surface area contributed by atoms with Crippen LogP contribution in [-0.2, 0) is 15.0 Å². The third kappa shape index (κ3) is 4.50. The third-order valence-electron chi connectivity index (χ3n) is 7.04. The number of nitrogens with zero attached hydrogens (tertiary/aromatic N) is 1. The van der Waals surface area contributed by atoms with Crippen LogP contribution in [0.2, 0.25) is 0 Å². The molecular formula is C26H31FN2O3. The number of hydrogen-bond acceptors (Lipinski definition) is 3. The van der Waals surface area contributed by atoms with Crippen molar-refractivity contribution in [3.63, 3.8) is 0 Å². The van der Waals surface area contributed by atoms with E-state index in [0.29, 0.717) is 38.1 Å². The minimum Gasteiger partial charge on any atom is -0.493 e. The predicted octanol–water partition coefficient (Wildman–Crippen LogP) is 4.20. The fraction of sp³-hybridized carbons (Fsp3) is 0.462. The maximum absolute atomic E-state index is 14.8. The average Bonchev–Trinajstić information content (AvgIpc) is 3.29. The van der Waals surface area contributed by atoms with Crippen molar-refractivity contribution in [3.05, 3.63) is 66.0 Å². The van der Waals surface area contributed by atoms with Crippen molar-refractivity contribution < 1.29 is 18.7 Å². The van der Waals surface area contributed by atoms with Crippen LogP contribution in [0.25, 0.3) is 0 Å². The summed E-state index contributed by atoms with van der Waals surface area (Å²) in [4.78, 5) is 27.7. The zero-order valence-electron chi connectivity index (χ0n) is 18.4. The van der Waals surface area contributed by atoms with E-state index in [1.807, 2.05) is 35.2 Å². The van der Waals surface area contributed by atoms with Gasteiger partial charge in [-0.2, -0.15) is 0 Å². The molecule has 5 nitrogen and oxygen atoms in total. The van der Waals surface area contributed by atoms with Gasteiger partial charge in [0.05, 0.1) is 12.0 Å². The molecule has 1 saturated carbocycles. The highest BCUT2D eigenvalue weighted by Crippen LogP contribution is 2.45. The number of likely N-dealkylation sites (tertiary alicyclic amines) is 1. The molecule has 0 aromatic heterocycles. The minimum absolute atomic E-state index is 0.0339. The molecule has 1 atom stereocenters. The molecule has 2 aromatic rings. The minimum atomic E-state index is -0.832. The molecule has 0 unspecified atom stereocenters. The summed E-state index contributed by atoms with van der Waals surface area (Å²) in [6.07, 6.45) is 4.74. The molecule has 1 aliphatic heterocycles. The van der Waals surface area contributed by atoms with E-state index in [2.05, 4.69) is 0 Å². The van der Waals surface area contributed by atoms with E-state index in [4.69, 9.17) is 10.5 Å². The molecule has 6 heteroatoms. The van der Waals surface area contributed by atoms with Gasteiger partial charge in [0.2, 0.25) is 11.8 Å². The number of rotatable bonds is 7. The summed E-state index contributed by atoms with van der Waals surface area (Å²) in [5.74, 6) is -0.0389. The van der Waals surface area contributed by atoms with Crippen LogP contribution in [0.15, 0.2) is 54.6 Å². The first-order valence-electron chi connectivity index (χ1n) is 11.4. The summed E-state index contributed by atoms with van der Waals surface area (Å²) in [5.41, 5.74) is 4.72. The maximum Gasteiger partial charge on any atom is 0.233 e. The van der Waals surface area contributed by atoms with E-state index < -0.39 is 16.7 Å². The van der Waals surface area contributed by atoms with Gasteiger partial charge >= 0.3 is 0 Å². The van der Waals surface area contributed by atoms with Crippen LogP contribution < -0.4 is 10.5 Å². The second kappa shape index (κ2) is 9.31. The number of nitrogens with two attached hydrogens (primary N) is 1. The SMILES string of the molecule is NC(=O)C[C@]1(COc2ccccc2)CCCN(C(=O)C2(c3ccccc3F)CCCC2)C1. The number of primary amides is 1. The topological polar surface area (TPSA) is 72.6 Å². The molecule has 1 saturated heterocycles. The van der Waals surface area contributed by atoms with E-state index in [1.165, 1.54) is 6.07 Å². The third-order valence-corrected chi connectivity index (χ3v) is 7.04. The molecule has 2 fully saturated rings. The predicted molar refractivity (Wildman–Crippen MR) is 121 cm³/mol. The normalized spacial score (nSPS) is 22.5. The average molecular weight is 439 g/mol. The Hall–Kier alpha value is -2.89. The monoisotopic (exact) mass is 438 g/mol. The van der Waals surface area contributed by atoms with Gasteiger partial charge in [-0.3, -0.25) is 9.59 Å². The molecule has 170 valence electrons. The van der Waals surface area contributed by atoms with Crippen molar-refractivity contribution in [2.24, 2.45) is 11.1 Å². The fourth-order valence-corrected chi connectivity index (χ4v) is 5.55. The van der Waals surface area contributed by atoms with Crippen molar-refractivity contribution in [3.8, 4) is 5.75 Å². The first-order chi connectivity index (χ1) is 15.4. The number of para-hydroxylation sites is 1. The Morgan fingerprint density at radius 3 is 2.34 bits per heavy atom. The van der Waals surface area contributed by atoms with Crippen molar-refractivity contribution in [2.75, 3.05) is 19.7 Å². The van der Waals surface area contributed by atoms with Gasteiger partial charge in [0.15, 0.2) is 0 Å². The lowest BCUT2D eigenvalue weighted by Gasteiger charge is -2.45. The van der Waals surface area contributed by atoms with Gasteiger partial charge in [0.25, 0.3) is 0 Å². The van der Waals surface area contributed by atoms with Gasteiger partial charge in [-0.1, -0.05) is 49.2 Å². The molecule has 0 radical (unpaired) electrons. The Kier molecular flexibility index (Phi) is 6.49. The smallest absolute Gasteiger partial charge is 0.233 e. The molecule has 2 aliphatic rings. The van der Waals surface area contributed by atoms with E-state index in [-0.39, 0.29) is 18.1 Å². The highest BCUT2D eigenvalue weighted by atomic mass is 19.1. The van der Waals surface area contributed by atoms with E-state index in [1.54, 1.807) is 18.2 Å². The van der Waals surface area contributed by atoms with E-state index >= 15 is 0 Å². The van der Waals surface area contributed by atoms with Crippen LogP contribution in [0, 0.1) is 11.2 Å². The molecule has 1 heterocycles. The molecular weight excluding hydrogens is 407 g/mol. The van der Waals surface area contributed by atoms with Crippen LogP contribution in [0.1, 0.15) is 50.5 Å². The van der Waals surface area contributed by atoms with Gasteiger partial charge in [-0.05, 0) is 43.9 Å². The van der Waals surface area contributed by atoms with Crippen molar-refractivity contribution in [1.29, 1.82) is 0 Å². The highest BCUT2D eigenvalue weighted by Gasteiger charge is 2.49. The number of halogens is 1. The number of hydrogen-bond donors (Lipinski definition) is 1. The Morgan fingerprint density at radius 2 is 1.66 bits per heavy atom. The molecule has 0 spiro atoms. The lowest BCUT2D eigenvalue weighted by atomic mass is 9.74. The van der Waals surface area contributed by atoms with Crippen LogP contribution in [0.5, 0.6) is 5.75 Å². The van der Waals surface area contributed by atoms with Gasteiger partial charge < -0.3 is 15.4 Å². The second-order valence-corrected chi connectivity index (χ2v) is 9.34. The molecule has 1 aliphatic carbocycles. The van der Waals surface area contributed by atoms with Crippen molar-refractivity contribution in [1.82, 2.24) is 4.90 Å². The lowest BCUT2D eigenvalue weighted by Crippen LogP contribution is -2.55. The zero-order chi connectivity index (χ0) is 22.6. The molecule has 2 N–H and O–H groups in total. The standard InChI is InChI=1S/C26H31FN2O3/c27-22-12-5-4-11-21(22)26(14-6-7-15-26)24(31)29-16-8-13-25(18-29,17-23(28)30)19-32-20-9-2-1-3-10-20/h1-5,9-12H,6-8,13-19H2,(H2,28,30)/t25-/m1/s1. The molecule has 32 heavy (non-hydrogen) atoms. The van der Waals surface area contributed by atoms with Crippen molar-refractivity contribution >= 4 is 11.8 Å². The van der Waals surface area contributed by atoms with Crippen LogP contribution in [-0.4, -0.2) is 36.4 Å². The summed E-state index contributed by atoms with van der Waals surface area (Å²) in [7, 11) is 0. The van der Waals surface area contributed by atoms with Gasteiger partial charge in [0.1, 0.15) is 11.6 Å². The number of ether oxygens (including phenoxy) is 1. The van der Waals surface area contributed by atoms with Gasteiger partial charge in [0, 0.05) is 30.5 Å². The fourth-order valence-electron chi connectivity index (χ4n) is 5.55. The zero-order valence-corrected chi connectivity index (χ0v) is 18.4. The number of amides is 2. The lowest BCUT2D eigenvalue weighted by molar-refractivity contribution is -0.143. The Labute approximate surface area is 188 Å². The van der Waals surface area contributed by atoms with Crippen molar-refractivity contribution in [2.45, 2.75) is 50.4 Å². The second-order valence-electron chi connectivity index (χ2n) is 9.34. The number of benzene rings is 2. The highest BCUT2D eigenvalue weighted by molar-refractivity contribution is 5.89. The van der Waals surface area contributed by atoms with Gasteiger partial charge in [-0.25, -0.2) is 4.39 Å². The summed E-state index contributed by atoms with van der Waals surface area (Å²) >= 11 is 0. The Morgan fingerprint density at radius 1 is 0.969 bits per heavy atom. The largest absolute Gasteiger partial charge is 0.493 e. The van der Waals surface area contributed by atoms with Crippen LogP contribution in [0.4, 0.5) is 4.39 Å². The number of piperidine rings is 1. The Bertz CT molecular complexity index is 959. The van der Waals surface area contributed by atoms with E-state index in [0.717, 1.165) is 31.4 Å². The Balaban J connectivity index is 1.59. The number of carbonyl (C=O) groups excluding carboxylic acids is 2. The summed E-state index contributed by atoms with van der Waals surface area (Å²) < 4.78 is 20.8. The molecule has 2 amide bonds. The summed E-state index contributed by atoms with van der Waals surface area (Å²) in [6.45, 7) is 1.29. The quantitative estimate of drug-likeness (QED) is 0.704. The molecule has 2 aromatic carbocycles. The first kappa shape index (κ1) is 22.3. The van der Waals surface area contributed by atoms with Gasteiger partial charge in [-0.15, -0.1) is 0 Å². The summed E-state index contributed by atoms with van der Waals surface area (Å²) in [6, 6.07) is 16.1. The van der Waals surface area contributed by atoms with Crippen LogP contribution >= 0.6 is 0 Å². The van der Waals surface area contributed by atoms with E-state index in [9.17, 15) is 14.0 Å². The first-order valence-corrected chi connectivity index (χ1v) is 11.4. The summed E-state index contributed by atoms with van der Waals surface area (Å²) in [5, 5.41) is 0. The number of carbonyl (C=O) groups is 2. The van der Waals surface area contributed by atoms with Crippen LogP contribution in [0.3, 0.4) is 0 Å². The molecule has 0 bridgehead atoms. The molecule has 4 rings (SSSR count). The maximum atomic E-state index is 14.8.